The lowest BCUT2D eigenvalue weighted by atomic mass is 9.88. The van der Waals surface area contributed by atoms with E-state index in [4.69, 9.17) is 22.0 Å². The summed E-state index contributed by atoms with van der Waals surface area (Å²) < 4.78 is 30.2. The van der Waals surface area contributed by atoms with Crippen molar-refractivity contribution < 1.29 is 22.7 Å². The molecule has 0 spiro atoms. The molecule has 0 radical (unpaired) electrons. The number of rotatable bonds is 8. The minimum atomic E-state index is -4.16. The molecule has 0 heterocycles. The van der Waals surface area contributed by atoms with E-state index in [-0.39, 0.29) is 17.2 Å². The van der Waals surface area contributed by atoms with E-state index in [1.165, 1.54) is 6.07 Å². The number of benzene rings is 3. The minimum absolute atomic E-state index is 0.0817. The molecule has 4 rings (SSSR count). The van der Waals surface area contributed by atoms with Gasteiger partial charge in [-0.2, -0.15) is 0 Å². The van der Waals surface area contributed by atoms with Crippen molar-refractivity contribution in [2.24, 2.45) is 16.6 Å². The summed E-state index contributed by atoms with van der Waals surface area (Å²) >= 11 is 0. The smallest absolute Gasteiger partial charge is 0.384 e. The Labute approximate surface area is 220 Å². The predicted molar refractivity (Wildman–Crippen MR) is 144 cm³/mol. The molecule has 1 fully saturated rings. The molecule has 3 aromatic carbocycles. The van der Waals surface area contributed by atoms with Gasteiger partial charge >= 0.3 is 12.1 Å². The predicted octanol–water partition coefficient (Wildman–Crippen LogP) is 3.75. The van der Waals surface area contributed by atoms with Crippen molar-refractivity contribution in [2.45, 2.75) is 42.5 Å². The number of anilines is 2. The molecule has 0 saturated heterocycles. The van der Waals surface area contributed by atoms with E-state index < -0.39 is 27.6 Å². The van der Waals surface area contributed by atoms with E-state index in [1.54, 1.807) is 60.7 Å². The largest absolute Gasteiger partial charge is 0.412 e. The molecule has 0 atom stereocenters. The number of carbonyl (C=O) groups excluding carboxylic acids is 2. The highest BCUT2D eigenvalue weighted by atomic mass is 32.2. The highest BCUT2D eigenvalue weighted by molar-refractivity contribution is 7.89. The quantitative estimate of drug-likeness (QED) is 0.146. The zero-order valence-corrected chi connectivity index (χ0v) is 21.4. The van der Waals surface area contributed by atoms with E-state index >= 15 is 0 Å². The van der Waals surface area contributed by atoms with Gasteiger partial charge in [0.05, 0.1) is 16.9 Å². The fraction of sp³-hybridized carbons (Fsp3) is 0.222. The Balaban J connectivity index is 1.95. The van der Waals surface area contributed by atoms with Crippen molar-refractivity contribution in [3.05, 3.63) is 78.4 Å². The average Bonchev–Trinajstić information content (AvgIpc) is 3.32. The number of nitrogens with one attached hydrogen (secondary N) is 1. The van der Waals surface area contributed by atoms with Crippen LogP contribution in [0.5, 0.6) is 0 Å². The molecule has 1 amide bonds. The van der Waals surface area contributed by atoms with Crippen LogP contribution in [-0.4, -0.2) is 31.9 Å². The van der Waals surface area contributed by atoms with Gasteiger partial charge in [-0.1, -0.05) is 61.4 Å². The minimum Gasteiger partial charge on any atom is -0.384 e. The number of hydrogen-bond acceptors (Lipinski definition) is 7. The third-order valence-electron chi connectivity index (χ3n) is 6.73. The van der Waals surface area contributed by atoms with Gasteiger partial charge in [0.25, 0.3) is 0 Å². The zero-order chi connectivity index (χ0) is 27.5. The monoisotopic (exact) mass is 535 g/mol. The number of sulfonamides is 1. The van der Waals surface area contributed by atoms with Crippen molar-refractivity contribution in [3.63, 3.8) is 0 Å². The summed E-state index contributed by atoms with van der Waals surface area (Å²) in [5, 5.41) is 13.6. The van der Waals surface area contributed by atoms with Gasteiger partial charge in [0.2, 0.25) is 10.0 Å². The number of primary sulfonamides is 1. The van der Waals surface area contributed by atoms with Crippen LogP contribution in [-0.2, 0) is 19.6 Å². The van der Waals surface area contributed by atoms with E-state index in [0.717, 1.165) is 12.8 Å². The van der Waals surface area contributed by atoms with E-state index in [1.807, 2.05) is 11.0 Å². The molecule has 10 nitrogen and oxygen atoms in total. The third kappa shape index (κ3) is 5.68. The Morgan fingerprint density at radius 1 is 0.921 bits per heavy atom. The normalized spacial score (nSPS) is 14.6. The number of amidine groups is 1. The fourth-order valence-corrected chi connectivity index (χ4v) is 5.96. The maximum Gasteiger partial charge on any atom is 0.412 e. The Hall–Kier alpha value is -4.22. The third-order valence-corrected chi connectivity index (χ3v) is 7.68. The summed E-state index contributed by atoms with van der Waals surface area (Å²) in [5.74, 6) is -0.940. The molecule has 198 valence electrons. The molecule has 1 aliphatic carbocycles. The van der Waals surface area contributed by atoms with Crippen LogP contribution in [0.15, 0.2) is 77.7 Å². The first-order valence-electron chi connectivity index (χ1n) is 12.0. The van der Waals surface area contributed by atoms with Crippen LogP contribution in [0.2, 0.25) is 0 Å². The fourth-order valence-electron chi connectivity index (χ4n) is 5.18. The second-order valence-electron chi connectivity index (χ2n) is 9.29. The number of nitrogens with zero attached hydrogens (tertiary/aromatic N) is 1. The molecule has 0 aliphatic heterocycles. The van der Waals surface area contributed by atoms with Crippen molar-refractivity contribution >= 4 is 39.3 Å². The van der Waals surface area contributed by atoms with Crippen LogP contribution in [0.3, 0.4) is 0 Å². The van der Waals surface area contributed by atoms with Gasteiger partial charge in [0, 0.05) is 22.5 Å². The Morgan fingerprint density at radius 3 is 2.18 bits per heavy atom. The Bertz CT molecular complexity index is 1480. The van der Waals surface area contributed by atoms with Crippen molar-refractivity contribution in [3.8, 4) is 11.1 Å². The van der Waals surface area contributed by atoms with Crippen LogP contribution in [0.4, 0.5) is 16.2 Å². The topological polar surface area (TPSA) is 183 Å². The number of ether oxygens (including phenoxy) is 1. The van der Waals surface area contributed by atoms with Gasteiger partial charge in [-0.25, -0.2) is 18.4 Å². The molecule has 1 saturated carbocycles. The van der Waals surface area contributed by atoms with Crippen LogP contribution in [0, 0.1) is 5.41 Å². The first-order chi connectivity index (χ1) is 18.0. The molecule has 1 aliphatic rings. The van der Waals surface area contributed by atoms with Gasteiger partial charge in [-0.3, -0.25) is 10.2 Å². The number of primary amides is 1. The standard InChI is InChI=1S/C27H29N5O5S/c28-25(29)19-9-6-10-20(15-19)32(27(13-4-5-14-27)17-24(33)37-26(30)34)21-11-12-22(18-7-2-1-3-8-18)23(16-21)38(31,35)36/h1-3,6-12,15-16H,4-5,13-14,17H2,(H3,28,29)(H2,30,34)(H2,31,35,36). The molecule has 0 unspecified atom stereocenters. The van der Waals surface area contributed by atoms with Gasteiger partial charge in [0.1, 0.15) is 5.84 Å². The van der Waals surface area contributed by atoms with Gasteiger partial charge in [-0.15, -0.1) is 0 Å². The van der Waals surface area contributed by atoms with Crippen molar-refractivity contribution in [2.75, 3.05) is 4.90 Å². The van der Waals surface area contributed by atoms with Gasteiger partial charge in [0.15, 0.2) is 0 Å². The number of hydrogen-bond donors (Lipinski definition) is 4. The first-order valence-corrected chi connectivity index (χ1v) is 13.5. The lowest BCUT2D eigenvalue weighted by Crippen LogP contribution is -2.46. The summed E-state index contributed by atoms with van der Waals surface area (Å²) in [6.07, 6.45) is 1.31. The maximum atomic E-state index is 12.8. The van der Waals surface area contributed by atoms with Crippen LogP contribution in [0.1, 0.15) is 37.7 Å². The van der Waals surface area contributed by atoms with Gasteiger partial charge in [-0.05, 0) is 42.7 Å². The van der Waals surface area contributed by atoms with Crippen LogP contribution < -0.4 is 21.5 Å². The Morgan fingerprint density at radius 2 is 1.58 bits per heavy atom. The molecule has 11 heteroatoms. The second kappa shape index (κ2) is 10.6. The molecular formula is C27H29N5O5S. The first kappa shape index (κ1) is 26.8. The zero-order valence-electron chi connectivity index (χ0n) is 20.6. The molecule has 0 bridgehead atoms. The molecule has 38 heavy (non-hydrogen) atoms. The number of nitrogens with two attached hydrogens (primary N) is 3. The van der Waals surface area contributed by atoms with E-state index in [0.29, 0.717) is 40.9 Å². The lowest BCUT2D eigenvalue weighted by Gasteiger charge is -2.43. The van der Waals surface area contributed by atoms with E-state index in [2.05, 4.69) is 4.74 Å². The highest BCUT2D eigenvalue weighted by Gasteiger charge is 2.43. The van der Waals surface area contributed by atoms with Crippen LogP contribution >= 0.6 is 0 Å². The Kier molecular flexibility index (Phi) is 7.51. The highest BCUT2D eigenvalue weighted by Crippen LogP contribution is 2.46. The molecular weight excluding hydrogens is 506 g/mol. The summed E-state index contributed by atoms with van der Waals surface area (Å²) in [5.41, 5.74) is 12.6. The molecule has 3 aromatic rings. The van der Waals surface area contributed by atoms with Crippen molar-refractivity contribution in [1.82, 2.24) is 0 Å². The summed E-state index contributed by atoms with van der Waals surface area (Å²) in [7, 11) is -4.16. The summed E-state index contributed by atoms with van der Waals surface area (Å²) in [6.45, 7) is 0. The molecule has 7 N–H and O–H groups in total. The molecule has 0 aromatic heterocycles. The van der Waals surface area contributed by atoms with E-state index in [9.17, 15) is 18.0 Å². The lowest BCUT2D eigenvalue weighted by molar-refractivity contribution is -0.138. The number of esters is 1. The average molecular weight is 536 g/mol. The maximum absolute atomic E-state index is 12.8. The summed E-state index contributed by atoms with van der Waals surface area (Å²) in [4.78, 5) is 25.8. The SMILES string of the molecule is N=C(N)c1cccc(N(c2ccc(-c3ccccc3)c(S(N)(=O)=O)c2)C2(CC(=O)OC(N)=O)CCCC2)c1. The second-order valence-corrected chi connectivity index (χ2v) is 10.8. The number of nitrogen functional groups attached to an aromatic ring is 1. The summed E-state index contributed by atoms with van der Waals surface area (Å²) in [6, 6.07) is 20.8. The number of carbonyl (C=O) groups is 2. The van der Waals surface area contributed by atoms with Crippen molar-refractivity contribution in [1.29, 1.82) is 5.41 Å². The van der Waals surface area contributed by atoms with Crippen LogP contribution in [0.25, 0.3) is 11.1 Å². The van der Waals surface area contributed by atoms with Gasteiger partial charge < -0.3 is 21.1 Å². The number of amides is 1.